The van der Waals surface area contributed by atoms with Gasteiger partial charge in [-0.2, -0.15) is 5.10 Å². The normalized spacial score (nSPS) is 12.9. The summed E-state index contributed by atoms with van der Waals surface area (Å²) in [7, 11) is 0. The summed E-state index contributed by atoms with van der Waals surface area (Å²) in [4.78, 5) is 0. The molecule has 1 heterocycles. The molecule has 0 fully saturated rings. The average Bonchev–Trinajstić information content (AvgIpc) is 2.74. The third-order valence-electron chi connectivity index (χ3n) is 3.04. The van der Waals surface area contributed by atoms with Gasteiger partial charge in [-0.1, -0.05) is 25.4 Å². The van der Waals surface area contributed by atoms with Crippen LogP contribution in [0.15, 0.2) is 0 Å². The fourth-order valence-electron chi connectivity index (χ4n) is 1.98. The van der Waals surface area contributed by atoms with Crippen molar-refractivity contribution in [2.24, 2.45) is 5.84 Å². The Balaban J connectivity index is 2.75. The number of rotatable bonds is 9. The summed E-state index contributed by atoms with van der Waals surface area (Å²) < 4.78 is 7.49. The van der Waals surface area contributed by atoms with Crippen LogP contribution < -0.4 is 11.3 Å². The van der Waals surface area contributed by atoms with Crippen molar-refractivity contribution in [3.63, 3.8) is 0 Å². The van der Waals surface area contributed by atoms with E-state index in [1.54, 1.807) is 0 Å². The molecule has 0 radical (unpaired) electrons. The number of nitrogens with one attached hydrogen (secondary N) is 1. The van der Waals surface area contributed by atoms with Crippen LogP contribution in [-0.2, 0) is 24.1 Å². The van der Waals surface area contributed by atoms with Gasteiger partial charge in [-0.3, -0.25) is 16.0 Å². The molecule has 0 spiro atoms. The lowest BCUT2D eigenvalue weighted by Gasteiger charge is -2.16. The topological polar surface area (TPSA) is 65.1 Å². The van der Waals surface area contributed by atoms with Gasteiger partial charge in [0.25, 0.3) is 0 Å². The van der Waals surface area contributed by atoms with Gasteiger partial charge in [0.2, 0.25) is 0 Å². The van der Waals surface area contributed by atoms with E-state index in [0.29, 0.717) is 6.61 Å². The third kappa shape index (κ3) is 4.45. The summed E-state index contributed by atoms with van der Waals surface area (Å²) >= 11 is 6.38. The molecule has 1 rings (SSSR count). The van der Waals surface area contributed by atoms with Crippen molar-refractivity contribution in [1.29, 1.82) is 0 Å². The van der Waals surface area contributed by atoms with Gasteiger partial charge in [-0.25, -0.2) is 0 Å². The van der Waals surface area contributed by atoms with Crippen LogP contribution in [0.1, 0.15) is 38.6 Å². The molecular formula is C13H25ClN4O. The summed E-state index contributed by atoms with van der Waals surface area (Å²) in [6.45, 7) is 8.34. The number of nitrogens with two attached hydrogens (primary N) is 1. The van der Waals surface area contributed by atoms with Crippen LogP contribution in [0.2, 0.25) is 5.02 Å². The van der Waals surface area contributed by atoms with Crippen LogP contribution >= 0.6 is 11.6 Å². The standard InChI is InChI=1S/C13H25ClN4O/c1-4-7-19-9-10(16-15)8-12-13(14)11(5-2)17-18(12)6-3/h10,16H,4-9,15H2,1-3H3. The molecule has 1 aromatic rings. The van der Waals surface area contributed by atoms with E-state index in [0.717, 1.165) is 48.8 Å². The second kappa shape index (κ2) is 8.53. The summed E-state index contributed by atoms with van der Waals surface area (Å²) in [6, 6.07) is 0.0516. The first kappa shape index (κ1) is 16.4. The van der Waals surface area contributed by atoms with E-state index >= 15 is 0 Å². The molecule has 0 aliphatic carbocycles. The average molecular weight is 289 g/mol. The summed E-state index contributed by atoms with van der Waals surface area (Å²) in [6.07, 6.45) is 2.57. The molecule has 6 heteroatoms. The summed E-state index contributed by atoms with van der Waals surface area (Å²) in [5.74, 6) is 5.58. The van der Waals surface area contributed by atoms with Crippen molar-refractivity contribution in [2.75, 3.05) is 13.2 Å². The van der Waals surface area contributed by atoms with E-state index in [1.807, 2.05) is 4.68 Å². The largest absolute Gasteiger partial charge is 0.380 e. The molecule has 0 bridgehead atoms. The zero-order valence-corrected chi connectivity index (χ0v) is 12.8. The Morgan fingerprint density at radius 1 is 1.42 bits per heavy atom. The zero-order valence-electron chi connectivity index (χ0n) is 12.1. The minimum absolute atomic E-state index is 0.0516. The van der Waals surface area contributed by atoms with Gasteiger partial charge in [-0.15, -0.1) is 0 Å². The smallest absolute Gasteiger partial charge is 0.0850 e. The molecule has 0 aliphatic rings. The van der Waals surface area contributed by atoms with E-state index in [4.69, 9.17) is 22.2 Å². The maximum atomic E-state index is 6.38. The highest BCUT2D eigenvalue weighted by Gasteiger charge is 2.18. The molecule has 0 aromatic carbocycles. The monoisotopic (exact) mass is 288 g/mol. The van der Waals surface area contributed by atoms with Crippen molar-refractivity contribution >= 4 is 11.6 Å². The molecule has 0 saturated carbocycles. The number of aromatic nitrogens is 2. The lowest BCUT2D eigenvalue weighted by Crippen LogP contribution is -2.41. The quantitative estimate of drug-likeness (QED) is 0.414. The molecule has 1 atom stereocenters. The van der Waals surface area contributed by atoms with E-state index in [2.05, 4.69) is 31.3 Å². The molecule has 110 valence electrons. The van der Waals surface area contributed by atoms with E-state index in [-0.39, 0.29) is 6.04 Å². The van der Waals surface area contributed by atoms with Crippen molar-refractivity contribution in [3.8, 4) is 0 Å². The van der Waals surface area contributed by atoms with Gasteiger partial charge in [0.1, 0.15) is 0 Å². The van der Waals surface area contributed by atoms with Crippen molar-refractivity contribution in [1.82, 2.24) is 15.2 Å². The van der Waals surface area contributed by atoms with Gasteiger partial charge in [0, 0.05) is 25.6 Å². The molecule has 1 unspecified atom stereocenters. The Morgan fingerprint density at radius 2 is 2.16 bits per heavy atom. The Kier molecular flexibility index (Phi) is 7.38. The van der Waals surface area contributed by atoms with E-state index < -0.39 is 0 Å². The van der Waals surface area contributed by atoms with Crippen LogP contribution in [0.25, 0.3) is 0 Å². The summed E-state index contributed by atoms with van der Waals surface area (Å²) in [5, 5.41) is 5.27. The van der Waals surface area contributed by atoms with Gasteiger partial charge >= 0.3 is 0 Å². The number of hydrazine groups is 1. The van der Waals surface area contributed by atoms with E-state index in [9.17, 15) is 0 Å². The Labute approximate surface area is 120 Å². The maximum absolute atomic E-state index is 6.38. The first-order chi connectivity index (χ1) is 9.17. The third-order valence-corrected chi connectivity index (χ3v) is 3.47. The lowest BCUT2D eigenvalue weighted by atomic mass is 10.1. The fraction of sp³-hybridized carbons (Fsp3) is 0.769. The van der Waals surface area contributed by atoms with E-state index in [1.165, 1.54) is 0 Å². The summed E-state index contributed by atoms with van der Waals surface area (Å²) in [5.41, 5.74) is 4.77. The molecule has 5 nitrogen and oxygen atoms in total. The van der Waals surface area contributed by atoms with Crippen LogP contribution in [0.3, 0.4) is 0 Å². The fourth-order valence-corrected chi connectivity index (χ4v) is 2.33. The Bertz CT molecular complexity index is 381. The van der Waals surface area contributed by atoms with Gasteiger partial charge in [-0.05, 0) is 19.8 Å². The van der Waals surface area contributed by atoms with Crippen LogP contribution in [0, 0.1) is 0 Å². The molecule has 19 heavy (non-hydrogen) atoms. The van der Waals surface area contributed by atoms with Gasteiger partial charge in [0.05, 0.1) is 23.0 Å². The van der Waals surface area contributed by atoms with Crippen molar-refractivity contribution in [3.05, 3.63) is 16.4 Å². The number of nitrogens with zero attached hydrogens (tertiary/aromatic N) is 2. The molecule has 3 N–H and O–H groups in total. The highest BCUT2D eigenvalue weighted by Crippen LogP contribution is 2.22. The number of hydrogen-bond acceptors (Lipinski definition) is 4. The van der Waals surface area contributed by atoms with Crippen LogP contribution in [-0.4, -0.2) is 29.0 Å². The number of halogens is 1. The minimum Gasteiger partial charge on any atom is -0.380 e. The number of aryl methyl sites for hydroxylation is 2. The van der Waals surface area contributed by atoms with Crippen molar-refractivity contribution < 1.29 is 4.74 Å². The first-order valence-corrected chi connectivity index (χ1v) is 7.33. The van der Waals surface area contributed by atoms with Gasteiger partial charge in [0.15, 0.2) is 0 Å². The molecule has 0 saturated heterocycles. The maximum Gasteiger partial charge on any atom is 0.0850 e. The van der Waals surface area contributed by atoms with Crippen LogP contribution in [0.5, 0.6) is 0 Å². The SMILES string of the molecule is CCCOCC(Cc1c(Cl)c(CC)nn1CC)NN. The highest BCUT2D eigenvalue weighted by atomic mass is 35.5. The molecule has 0 aliphatic heterocycles. The zero-order chi connectivity index (χ0) is 14.3. The number of ether oxygens (including phenoxy) is 1. The Morgan fingerprint density at radius 3 is 2.68 bits per heavy atom. The second-order valence-electron chi connectivity index (χ2n) is 4.52. The minimum atomic E-state index is 0.0516. The Hall–Kier alpha value is -0.620. The second-order valence-corrected chi connectivity index (χ2v) is 4.90. The number of hydrogen-bond donors (Lipinski definition) is 2. The molecule has 0 amide bonds. The molecular weight excluding hydrogens is 264 g/mol. The van der Waals surface area contributed by atoms with Crippen LogP contribution in [0.4, 0.5) is 0 Å². The predicted molar refractivity (Wildman–Crippen MR) is 78.2 cm³/mol. The lowest BCUT2D eigenvalue weighted by molar-refractivity contribution is 0.111. The van der Waals surface area contributed by atoms with Crippen molar-refractivity contribution in [2.45, 2.75) is 52.6 Å². The highest BCUT2D eigenvalue weighted by molar-refractivity contribution is 6.31. The molecule has 1 aromatic heterocycles. The predicted octanol–water partition coefficient (Wildman–Crippen LogP) is 1.92. The van der Waals surface area contributed by atoms with Gasteiger partial charge < -0.3 is 4.74 Å². The first-order valence-electron chi connectivity index (χ1n) is 6.95.